The van der Waals surface area contributed by atoms with Gasteiger partial charge in [-0.15, -0.1) is 0 Å². The van der Waals surface area contributed by atoms with Crippen LogP contribution in [0.5, 0.6) is 23.0 Å². The lowest BCUT2D eigenvalue weighted by atomic mass is 10.1. The maximum atomic E-state index is 14.0. The number of aliphatic imine (C=N–C) groups is 1. The van der Waals surface area contributed by atoms with Crippen molar-refractivity contribution in [3.05, 3.63) is 124 Å². The number of rotatable bonds is 18. The molecule has 0 bridgehead atoms. The first kappa shape index (κ1) is 41.7. The van der Waals surface area contributed by atoms with E-state index in [1.165, 1.54) is 5.56 Å². The smallest absolute Gasteiger partial charge is 0.261 e. The minimum Gasteiger partial charge on any atom is -0.493 e. The zero-order chi connectivity index (χ0) is 43.3. The summed E-state index contributed by atoms with van der Waals surface area (Å²) in [6.07, 6.45) is 3.33. The standard InChI is InChI=1S/C49H51N5O9/c1-57-14-15-61-17-16-60-13-12-50-35-19-31(29-62-46-25-40-38(23-44(46)58-2)48(55)53-36(27-51-40)21-33-8-4-6-10-42(33)53)18-32(20-35)30-63-47-26-41-39(24-45(47)59-3)49(56)54-37(28-52-41)22-34-9-5-7-11-43(34)54/h4-11,18-20,23-27,36-37,50,52H,12-17,21-22,28-30H2,1-3H3/t36?,37-/m0/s1. The number of nitrogens with one attached hydrogen (secondary N) is 2. The summed E-state index contributed by atoms with van der Waals surface area (Å²) in [5.74, 6) is 1.64. The Morgan fingerprint density at radius 1 is 0.667 bits per heavy atom. The van der Waals surface area contributed by atoms with E-state index in [-0.39, 0.29) is 37.1 Å². The number of amides is 2. The Kier molecular flexibility index (Phi) is 12.4. The second-order valence-electron chi connectivity index (χ2n) is 15.7. The zero-order valence-corrected chi connectivity index (χ0v) is 35.7. The lowest BCUT2D eigenvalue weighted by Gasteiger charge is -2.22. The van der Waals surface area contributed by atoms with Crippen molar-refractivity contribution >= 4 is 46.5 Å². The molecule has 9 rings (SSSR count). The second-order valence-corrected chi connectivity index (χ2v) is 15.7. The van der Waals surface area contributed by atoms with Gasteiger partial charge in [0.2, 0.25) is 0 Å². The molecule has 0 aromatic heterocycles. The first-order chi connectivity index (χ1) is 30.9. The highest BCUT2D eigenvalue weighted by molar-refractivity contribution is 6.15. The highest BCUT2D eigenvalue weighted by Gasteiger charge is 2.38. The highest BCUT2D eigenvalue weighted by atomic mass is 16.5. The average Bonchev–Trinajstić information content (AvgIpc) is 3.80. The molecule has 326 valence electrons. The van der Waals surface area contributed by atoms with E-state index in [4.69, 9.17) is 38.2 Å². The Morgan fingerprint density at radius 3 is 2.00 bits per heavy atom. The molecular formula is C49H51N5O9. The number of anilines is 4. The molecule has 0 fully saturated rings. The van der Waals surface area contributed by atoms with Gasteiger partial charge in [-0.2, -0.15) is 0 Å². The van der Waals surface area contributed by atoms with Crippen molar-refractivity contribution < 1.29 is 42.7 Å². The lowest BCUT2D eigenvalue weighted by Crippen LogP contribution is -2.39. The quantitative estimate of drug-likeness (QED) is 0.0863. The number of nitrogens with zero attached hydrogens (tertiary/aromatic N) is 3. The topological polar surface area (TPSA) is 142 Å². The number of ether oxygens (including phenoxy) is 7. The third-order valence-corrected chi connectivity index (χ3v) is 11.7. The first-order valence-corrected chi connectivity index (χ1v) is 21.2. The van der Waals surface area contributed by atoms with E-state index in [0.29, 0.717) is 98.0 Å². The number of hydrogen-bond acceptors (Lipinski definition) is 12. The molecule has 14 heteroatoms. The number of methoxy groups -OCH3 is 3. The van der Waals surface area contributed by atoms with Crippen LogP contribution in [0.3, 0.4) is 0 Å². The van der Waals surface area contributed by atoms with E-state index in [9.17, 15) is 9.59 Å². The van der Waals surface area contributed by atoms with Gasteiger partial charge >= 0.3 is 0 Å². The third-order valence-electron chi connectivity index (χ3n) is 11.7. The highest BCUT2D eigenvalue weighted by Crippen LogP contribution is 2.43. The molecule has 2 amide bonds. The van der Waals surface area contributed by atoms with Gasteiger partial charge in [0, 0.05) is 62.0 Å². The molecule has 4 aliphatic rings. The minimum atomic E-state index is -0.173. The van der Waals surface area contributed by atoms with Gasteiger partial charge in [-0.3, -0.25) is 19.5 Å². The van der Waals surface area contributed by atoms with Crippen molar-refractivity contribution in [2.75, 3.05) is 87.9 Å². The van der Waals surface area contributed by atoms with Gasteiger partial charge in [0.15, 0.2) is 23.0 Å². The van der Waals surface area contributed by atoms with Crippen molar-refractivity contribution in [3.63, 3.8) is 0 Å². The Bertz CT molecular complexity index is 2530. The molecule has 0 saturated carbocycles. The summed E-state index contributed by atoms with van der Waals surface area (Å²) in [6.45, 7) is 4.02. The summed E-state index contributed by atoms with van der Waals surface area (Å²) in [6, 6.07) is 29.0. The lowest BCUT2D eigenvalue weighted by molar-refractivity contribution is 0.0272. The van der Waals surface area contributed by atoms with Crippen LogP contribution in [0.4, 0.5) is 28.4 Å². The Hall–Kier alpha value is -6.61. The summed E-state index contributed by atoms with van der Waals surface area (Å²) in [7, 11) is 4.78. The van der Waals surface area contributed by atoms with Crippen LogP contribution in [0.15, 0.2) is 96.0 Å². The molecule has 4 heterocycles. The summed E-state index contributed by atoms with van der Waals surface area (Å²) >= 11 is 0. The fourth-order valence-electron chi connectivity index (χ4n) is 8.69. The summed E-state index contributed by atoms with van der Waals surface area (Å²) in [5.41, 5.74) is 8.91. The molecule has 2 atom stereocenters. The van der Waals surface area contributed by atoms with Crippen LogP contribution < -0.4 is 39.4 Å². The maximum Gasteiger partial charge on any atom is 0.261 e. The number of benzene rings is 5. The van der Waals surface area contributed by atoms with Crippen molar-refractivity contribution in [2.24, 2.45) is 4.99 Å². The molecule has 0 radical (unpaired) electrons. The van der Waals surface area contributed by atoms with Crippen molar-refractivity contribution in [2.45, 2.75) is 38.1 Å². The van der Waals surface area contributed by atoms with Crippen LogP contribution in [0, 0.1) is 0 Å². The van der Waals surface area contributed by atoms with Crippen LogP contribution in [0.1, 0.15) is 43.0 Å². The number of carbonyl (C=O) groups is 2. The first-order valence-electron chi connectivity index (χ1n) is 21.2. The van der Waals surface area contributed by atoms with Crippen LogP contribution >= 0.6 is 0 Å². The minimum absolute atomic E-state index is 0.00466. The van der Waals surface area contributed by atoms with Crippen LogP contribution in [0.25, 0.3) is 0 Å². The molecule has 0 spiro atoms. The molecule has 1 unspecified atom stereocenters. The molecule has 14 nitrogen and oxygen atoms in total. The Labute approximate surface area is 366 Å². The normalized spacial score (nSPS) is 16.7. The van der Waals surface area contributed by atoms with Crippen LogP contribution in [0.2, 0.25) is 0 Å². The van der Waals surface area contributed by atoms with Crippen LogP contribution in [-0.4, -0.2) is 97.6 Å². The van der Waals surface area contributed by atoms with Gasteiger partial charge in [-0.1, -0.05) is 36.4 Å². The van der Waals surface area contributed by atoms with Gasteiger partial charge in [0.05, 0.1) is 81.8 Å². The summed E-state index contributed by atoms with van der Waals surface area (Å²) in [4.78, 5) is 36.5. The fraction of sp³-hybridized carbons (Fsp3) is 0.327. The van der Waals surface area contributed by atoms with Crippen molar-refractivity contribution in [1.82, 2.24) is 0 Å². The predicted octanol–water partition coefficient (Wildman–Crippen LogP) is 7.24. The molecular weight excluding hydrogens is 803 g/mol. The van der Waals surface area contributed by atoms with E-state index < -0.39 is 0 Å². The second kappa shape index (κ2) is 18.8. The summed E-state index contributed by atoms with van der Waals surface area (Å²) < 4.78 is 40.8. The van der Waals surface area contributed by atoms with Gasteiger partial charge < -0.3 is 48.7 Å². The van der Waals surface area contributed by atoms with E-state index in [2.05, 4.69) is 22.8 Å². The molecule has 0 saturated heterocycles. The third kappa shape index (κ3) is 8.74. The van der Waals surface area contributed by atoms with Crippen LogP contribution in [-0.2, 0) is 40.3 Å². The van der Waals surface area contributed by atoms with E-state index in [1.54, 1.807) is 39.5 Å². The van der Waals surface area contributed by atoms with Crippen molar-refractivity contribution in [3.8, 4) is 23.0 Å². The van der Waals surface area contributed by atoms with E-state index >= 15 is 0 Å². The monoisotopic (exact) mass is 853 g/mol. The summed E-state index contributed by atoms with van der Waals surface area (Å²) in [5, 5.41) is 6.99. The molecule has 2 N–H and O–H groups in total. The number of para-hydroxylation sites is 2. The van der Waals surface area contributed by atoms with E-state index in [1.807, 2.05) is 76.7 Å². The average molecular weight is 854 g/mol. The van der Waals surface area contributed by atoms with Gasteiger partial charge in [0.25, 0.3) is 11.8 Å². The molecule has 0 aliphatic carbocycles. The largest absolute Gasteiger partial charge is 0.493 e. The Morgan fingerprint density at radius 2 is 1.29 bits per heavy atom. The number of hydrogen-bond donors (Lipinski definition) is 2. The fourth-order valence-corrected chi connectivity index (χ4v) is 8.69. The van der Waals surface area contributed by atoms with Gasteiger partial charge in [-0.25, -0.2) is 0 Å². The molecule has 5 aromatic carbocycles. The predicted molar refractivity (Wildman–Crippen MR) is 241 cm³/mol. The molecule has 5 aromatic rings. The van der Waals surface area contributed by atoms with Gasteiger partial charge in [0.1, 0.15) is 13.2 Å². The SMILES string of the molecule is COCCOCCOCCNc1cc(COc2cc3c(cc2OC)C(=O)N2c4ccccc4CC2C=N3)cc(COc2cc3c(cc2OC)C(=O)N2c4ccccc4C[C@H]2CN3)c1. The zero-order valence-electron chi connectivity index (χ0n) is 35.7. The van der Waals surface area contributed by atoms with Gasteiger partial charge in [-0.05, 0) is 71.1 Å². The van der Waals surface area contributed by atoms with Crippen molar-refractivity contribution in [1.29, 1.82) is 0 Å². The molecule has 63 heavy (non-hydrogen) atoms. The Balaban J connectivity index is 0.929. The molecule has 4 aliphatic heterocycles. The number of fused-ring (bicyclic) bond motifs is 8. The number of carbonyl (C=O) groups excluding carboxylic acids is 2. The maximum absolute atomic E-state index is 14.0. The van der Waals surface area contributed by atoms with E-state index in [0.717, 1.165) is 40.2 Å².